The Morgan fingerprint density at radius 3 is 2.53 bits per heavy atom. The van der Waals surface area contributed by atoms with Crippen LogP contribution < -0.4 is 10.6 Å². The first kappa shape index (κ1) is 24.1. The predicted molar refractivity (Wildman–Crippen MR) is 145 cm³/mol. The lowest BCUT2D eigenvalue weighted by molar-refractivity contribution is 0.0952. The standard InChI is InChI=1S/C27H19ClFN3O2S2/c1-15-20(17-8-3-2-4-9-17)22(25(33)31-14-16-7-6-12-30-13-16)27(35-15)32-26(34)24-23(28)21-18(29)10-5-11-19(21)36-24/h2-13H,14H2,1H3,(H,31,33)(H,32,34). The molecule has 3 heterocycles. The number of aromatic nitrogens is 1. The van der Waals surface area contributed by atoms with Gasteiger partial charge in [-0.05, 0) is 36.2 Å². The number of amides is 2. The van der Waals surface area contributed by atoms with Gasteiger partial charge in [-0.2, -0.15) is 0 Å². The largest absolute Gasteiger partial charge is 0.348 e. The van der Waals surface area contributed by atoms with Gasteiger partial charge >= 0.3 is 0 Å². The summed E-state index contributed by atoms with van der Waals surface area (Å²) >= 11 is 8.82. The van der Waals surface area contributed by atoms with E-state index in [2.05, 4.69) is 15.6 Å². The maximum absolute atomic E-state index is 14.3. The molecule has 0 aliphatic rings. The van der Waals surface area contributed by atoms with Crippen LogP contribution in [-0.4, -0.2) is 16.8 Å². The van der Waals surface area contributed by atoms with Gasteiger partial charge in [0.15, 0.2) is 0 Å². The summed E-state index contributed by atoms with van der Waals surface area (Å²) in [6.07, 6.45) is 3.35. The van der Waals surface area contributed by atoms with Crippen molar-refractivity contribution in [2.75, 3.05) is 5.32 Å². The van der Waals surface area contributed by atoms with E-state index in [4.69, 9.17) is 11.6 Å². The van der Waals surface area contributed by atoms with Crippen molar-refractivity contribution >= 4 is 61.2 Å². The highest BCUT2D eigenvalue weighted by Gasteiger charge is 2.26. The van der Waals surface area contributed by atoms with Gasteiger partial charge in [-0.15, -0.1) is 22.7 Å². The fourth-order valence-electron chi connectivity index (χ4n) is 3.95. The zero-order valence-electron chi connectivity index (χ0n) is 19.0. The normalized spacial score (nSPS) is 11.0. The molecule has 0 unspecified atom stereocenters. The number of pyridine rings is 1. The van der Waals surface area contributed by atoms with E-state index in [9.17, 15) is 14.0 Å². The number of anilines is 1. The lowest BCUT2D eigenvalue weighted by Gasteiger charge is -2.11. The number of halogens is 2. The van der Waals surface area contributed by atoms with Crippen LogP contribution in [0.4, 0.5) is 9.39 Å². The second-order valence-electron chi connectivity index (χ2n) is 7.96. The Hall–Kier alpha value is -3.59. The third-order valence-electron chi connectivity index (χ3n) is 5.59. The first-order valence-corrected chi connectivity index (χ1v) is 13.0. The quantitative estimate of drug-likeness (QED) is 0.239. The van der Waals surface area contributed by atoms with E-state index < -0.39 is 11.7 Å². The highest BCUT2D eigenvalue weighted by Crippen LogP contribution is 2.42. The molecule has 0 spiro atoms. The fraction of sp³-hybridized carbons (Fsp3) is 0.0741. The molecule has 2 amide bonds. The number of fused-ring (bicyclic) bond motifs is 1. The molecule has 2 aromatic carbocycles. The number of rotatable bonds is 6. The molecule has 0 saturated heterocycles. The van der Waals surface area contributed by atoms with Crippen LogP contribution in [0.3, 0.4) is 0 Å². The third-order valence-corrected chi connectivity index (χ3v) is 8.25. The van der Waals surface area contributed by atoms with Gasteiger partial charge < -0.3 is 10.6 Å². The minimum absolute atomic E-state index is 0.0599. The molecular formula is C27H19ClFN3O2S2. The van der Waals surface area contributed by atoms with Crippen LogP contribution in [0.15, 0.2) is 73.1 Å². The summed E-state index contributed by atoms with van der Waals surface area (Å²) in [4.78, 5) is 31.9. The van der Waals surface area contributed by atoms with Gasteiger partial charge in [0.05, 0.1) is 10.6 Å². The Morgan fingerprint density at radius 2 is 1.81 bits per heavy atom. The van der Waals surface area contributed by atoms with Crippen molar-refractivity contribution in [3.63, 3.8) is 0 Å². The molecule has 9 heteroatoms. The lowest BCUT2D eigenvalue weighted by atomic mass is 10.0. The number of nitrogens with one attached hydrogen (secondary N) is 2. The molecule has 0 aliphatic carbocycles. The molecule has 5 aromatic rings. The van der Waals surface area contributed by atoms with E-state index >= 15 is 0 Å². The second kappa shape index (κ2) is 10.2. The van der Waals surface area contributed by atoms with Crippen molar-refractivity contribution in [1.29, 1.82) is 0 Å². The summed E-state index contributed by atoms with van der Waals surface area (Å²) < 4.78 is 14.9. The molecule has 0 aliphatic heterocycles. The van der Waals surface area contributed by atoms with Crippen LogP contribution >= 0.6 is 34.3 Å². The summed E-state index contributed by atoms with van der Waals surface area (Å²) in [5.74, 6) is -1.31. The van der Waals surface area contributed by atoms with Gasteiger partial charge in [-0.1, -0.05) is 54.1 Å². The highest BCUT2D eigenvalue weighted by molar-refractivity contribution is 7.22. The molecule has 0 bridgehead atoms. The summed E-state index contributed by atoms with van der Waals surface area (Å²) in [7, 11) is 0. The number of hydrogen-bond donors (Lipinski definition) is 2. The minimum atomic E-state index is -0.497. The Kier molecular flexibility index (Phi) is 6.82. The van der Waals surface area contributed by atoms with Crippen molar-refractivity contribution < 1.29 is 14.0 Å². The van der Waals surface area contributed by atoms with E-state index in [0.29, 0.717) is 15.3 Å². The SMILES string of the molecule is Cc1sc(NC(=O)c2sc3cccc(F)c3c2Cl)c(C(=O)NCc2cccnc2)c1-c1ccccc1. The Bertz CT molecular complexity index is 1580. The number of hydrogen-bond acceptors (Lipinski definition) is 5. The third kappa shape index (κ3) is 4.63. The molecule has 0 saturated carbocycles. The number of aryl methyl sites for hydroxylation is 1. The summed E-state index contributed by atoms with van der Waals surface area (Å²) in [6, 6.07) is 17.8. The smallest absolute Gasteiger partial charge is 0.267 e. The average molecular weight is 536 g/mol. The summed E-state index contributed by atoms with van der Waals surface area (Å²) in [6.45, 7) is 2.19. The van der Waals surface area contributed by atoms with Crippen LogP contribution in [0.25, 0.3) is 21.2 Å². The van der Waals surface area contributed by atoms with Gasteiger partial charge in [0.1, 0.15) is 15.7 Å². The van der Waals surface area contributed by atoms with Gasteiger partial charge in [0.2, 0.25) is 0 Å². The maximum Gasteiger partial charge on any atom is 0.267 e. The van der Waals surface area contributed by atoms with Crippen molar-refractivity contribution in [2.24, 2.45) is 0 Å². The van der Waals surface area contributed by atoms with E-state index in [-0.39, 0.29) is 27.7 Å². The highest BCUT2D eigenvalue weighted by atomic mass is 35.5. The molecule has 0 radical (unpaired) electrons. The van der Waals surface area contributed by atoms with Gasteiger partial charge in [0, 0.05) is 39.5 Å². The molecule has 5 rings (SSSR count). The first-order chi connectivity index (χ1) is 17.4. The van der Waals surface area contributed by atoms with Crippen LogP contribution in [0, 0.1) is 12.7 Å². The molecule has 5 nitrogen and oxygen atoms in total. The van der Waals surface area contributed by atoms with E-state index in [0.717, 1.165) is 32.9 Å². The van der Waals surface area contributed by atoms with E-state index in [1.165, 1.54) is 17.4 Å². The second-order valence-corrected chi connectivity index (χ2v) is 10.6. The van der Waals surface area contributed by atoms with E-state index in [1.54, 1.807) is 30.6 Å². The summed E-state index contributed by atoms with van der Waals surface area (Å²) in [5.41, 5.74) is 2.82. The molecule has 3 aromatic heterocycles. The Labute approximate surface area is 219 Å². The summed E-state index contributed by atoms with van der Waals surface area (Å²) in [5, 5.41) is 6.48. The number of carbonyl (C=O) groups excluding carboxylic acids is 2. The van der Waals surface area contributed by atoms with Crippen LogP contribution in [-0.2, 0) is 6.54 Å². The van der Waals surface area contributed by atoms with Crippen molar-refractivity contribution in [2.45, 2.75) is 13.5 Å². The van der Waals surface area contributed by atoms with E-state index in [1.807, 2.05) is 43.3 Å². The van der Waals surface area contributed by atoms with Crippen LogP contribution in [0.1, 0.15) is 30.5 Å². The lowest BCUT2D eigenvalue weighted by Crippen LogP contribution is -2.24. The average Bonchev–Trinajstić information content (AvgIpc) is 3.40. The fourth-order valence-corrected chi connectivity index (χ4v) is 6.47. The van der Waals surface area contributed by atoms with Crippen molar-refractivity contribution in [3.8, 4) is 11.1 Å². The molecule has 0 atom stereocenters. The molecular weight excluding hydrogens is 517 g/mol. The minimum Gasteiger partial charge on any atom is -0.348 e. The molecule has 36 heavy (non-hydrogen) atoms. The number of nitrogens with zero attached hydrogens (tertiary/aromatic N) is 1. The predicted octanol–water partition coefficient (Wildman–Crippen LogP) is 7.31. The molecule has 180 valence electrons. The zero-order valence-corrected chi connectivity index (χ0v) is 21.4. The monoisotopic (exact) mass is 535 g/mol. The zero-order chi connectivity index (χ0) is 25.2. The van der Waals surface area contributed by atoms with Gasteiger partial charge in [0.25, 0.3) is 11.8 Å². The van der Waals surface area contributed by atoms with Gasteiger partial charge in [-0.3, -0.25) is 14.6 Å². The number of benzene rings is 2. The molecule has 2 N–H and O–H groups in total. The van der Waals surface area contributed by atoms with Crippen molar-refractivity contribution in [1.82, 2.24) is 10.3 Å². The maximum atomic E-state index is 14.3. The van der Waals surface area contributed by atoms with Crippen LogP contribution in [0.5, 0.6) is 0 Å². The Morgan fingerprint density at radius 1 is 1.00 bits per heavy atom. The Balaban J connectivity index is 1.52. The van der Waals surface area contributed by atoms with Crippen molar-refractivity contribution in [3.05, 3.63) is 105 Å². The number of thiophene rings is 2. The topological polar surface area (TPSA) is 71.1 Å². The first-order valence-electron chi connectivity index (χ1n) is 11.0. The van der Waals surface area contributed by atoms with Crippen LogP contribution in [0.2, 0.25) is 5.02 Å². The number of carbonyl (C=O) groups is 2. The molecule has 0 fully saturated rings. The van der Waals surface area contributed by atoms with Gasteiger partial charge in [-0.25, -0.2) is 4.39 Å².